The number of imide groups is 1. The van der Waals surface area contributed by atoms with Crippen molar-refractivity contribution >= 4 is 29.3 Å². The number of carbonyl (C=O) groups is 4. The first-order chi connectivity index (χ1) is 16.5. The first-order valence-corrected chi connectivity index (χ1v) is 11.1. The minimum Gasteiger partial charge on any atom is -0.345 e. The fourth-order valence-corrected chi connectivity index (χ4v) is 3.84. The smallest absolute Gasteiger partial charge is 0.251 e. The number of benzene rings is 3. The quantitative estimate of drug-likeness (QED) is 0.505. The molecule has 7 heteroatoms. The van der Waals surface area contributed by atoms with E-state index < -0.39 is 6.04 Å². The summed E-state index contributed by atoms with van der Waals surface area (Å²) in [5.41, 5.74) is 2.75. The molecule has 0 spiro atoms. The highest BCUT2D eigenvalue weighted by molar-refractivity contribution is 6.01. The van der Waals surface area contributed by atoms with Gasteiger partial charge in [0.2, 0.25) is 17.7 Å². The fraction of sp³-hybridized carbons (Fsp3) is 0.185. The molecule has 7 nitrogen and oxygen atoms in total. The Labute approximate surface area is 197 Å². The molecule has 1 heterocycles. The van der Waals surface area contributed by atoms with E-state index in [-0.39, 0.29) is 49.4 Å². The summed E-state index contributed by atoms with van der Waals surface area (Å²) in [7, 11) is 0. The van der Waals surface area contributed by atoms with Gasteiger partial charge in [-0.2, -0.15) is 0 Å². The SMILES string of the molecule is O=C(CC(NC(=O)c1ccccc1)c1ccccc1)Nc1ccc(CN2C(=O)CCC2=O)cc1. The second-order valence-corrected chi connectivity index (χ2v) is 8.13. The van der Waals surface area contributed by atoms with Crippen LogP contribution in [0.1, 0.15) is 46.8 Å². The third-order valence-corrected chi connectivity index (χ3v) is 5.67. The molecule has 0 bridgehead atoms. The Morgan fingerprint density at radius 1 is 0.794 bits per heavy atom. The Bertz CT molecular complexity index is 1160. The maximum Gasteiger partial charge on any atom is 0.251 e. The summed E-state index contributed by atoms with van der Waals surface area (Å²) < 4.78 is 0. The van der Waals surface area contributed by atoms with Gasteiger partial charge >= 0.3 is 0 Å². The van der Waals surface area contributed by atoms with Gasteiger partial charge in [0, 0.05) is 24.1 Å². The van der Waals surface area contributed by atoms with E-state index in [0.717, 1.165) is 11.1 Å². The Morgan fingerprint density at radius 3 is 2.00 bits per heavy atom. The second kappa shape index (κ2) is 10.6. The van der Waals surface area contributed by atoms with Crippen molar-refractivity contribution in [2.24, 2.45) is 0 Å². The van der Waals surface area contributed by atoms with E-state index in [2.05, 4.69) is 10.6 Å². The molecule has 1 aliphatic heterocycles. The highest BCUT2D eigenvalue weighted by Gasteiger charge is 2.28. The van der Waals surface area contributed by atoms with Crippen LogP contribution in [0.25, 0.3) is 0 Å². The van der Waals surface area contributed by atoms with Crippen molar-refractivity contribution in [2.75, 3.05) is 5.32 Å². The summed E-state index contributed by atoms with van der Waals surface area (Å²) in [6.45, 7) is 0.230. The summed E-state index contributed by atoms with van der Waals surface area (Å²) >= 11 is 0. The van der Waals surface area contributed by atoms with Crippen molar-refractivity contribution in [1.29, 1.82) is 0 Å². The van der Waals surface area contributed by atoms with Gasteiger partial charge in [0.25, 0.3) is 5.91 Å². The maximum atomic E-state index is 12.8. The highest BCUT2D eigenvalue weighted by atomic mass is 16.2. The number of nitrogens with zero attached hydrogens (tertiary/aromatic N) is 1. The summed E-state index contributed by atoms with van der Waals surface area (Å²) in [5, 5.41) is 5.81. The van der Waals surface area contributed by atoms with Crippen LogP contribution in [0.5, 0.6) is 0 Å². The standard InChI is InChI=1S/C27H25N3O4/c31-24(28-22-13-11-19(12-14-22)18-30-25(32)15-16-26(30)33)17-23(20-7-3-1-4-8-20)29-27(34)21-9-5-2-6-10-21/h1-14,23H,15-18H2,(H,28,31)(H,29,34). The number of nitrogens with one attached hydrogen (secondary N) is 2. The summed E-state index contributed by atoms with van der Waals surface area (Å²) in [4.78, 5) is 50.4. The van der Waals surface area contributed by atoms with Gasteiger partial charge in [-0.1, -0.05) is 60.7 Å². The molecule has 172 valence electrons. The molecule has 0 aromatic heterocycles. The third-order valence-electron chi connectivity index (χ3n) is 5.67. The molecule has 3 aromatic rings. The molecule has 0 saturated carbocycles. The van der Waals surface area contributed by atoms with Gasteiger partial charge in [0.05, 0.1) is 19.0 Å². The normalized spacial score (nSPS) is 14.1. The van der Waals surface area contributed by atoms with Crippen LogP contribution in [-0.4, -0.2) is 28.5 Å². The van der Waals surface area contributed by atoms with Gasteiger partial charge in [0.1, 0.15) is 0 Å². The summed E-state index contributed by atoms with van der Waals surface area (Å²) in [5.74, 6) is -0.823. The number of rotatable bonds is 8. The molecule has 1 unspecified atom stereocenters. The van der Waals surface area contributed by atoms with Crippen LogP contribution in [0.15, 0.2) is 84.9 Å². The van der Waals surface area contributed by atoms with Crippen LogP contribution in [0.4, 0.5) is 5.69 Å². The zero-order chi connectivity index (χ0) is 23.9. The Morgan fingerprint density at radius 2 is 1.38 bits per heavy atom. The number of hydrogen-bond acceptors (Lipinski definition) is 4. The number of hydrogen-bond donors (Lipinski definition) is 2. The van der Waals surface area contributed by atoms with Crippen molar-refractivity contribution in [3.05, 3.63) is 102 Å². The largest absolute Gasteiger partial charge is 0.345 e. The van der Waals surface area contributed by atoms with Crippen molar-refractivity contribution in [2.45, 2.75) is 31.8 Å². The van der Waals surface area contributed by atoms with Gasteiger partial charge in [0.15, 0.2) is 0 Å². The van der Waals surface area contributed by atoms with Crippen LogP contribution >= 0.6 is 0 Å². The molecular formula is C27H25N3O4. The molecule has 0 radical (unpaired) electrons. The maximum absolute atomic E-state index is 12.8. The zero-order valence-electron chi connectivity index (χ0n) is 18.6. The number of carbonyl (C=O) groups excluding carboxylic acids is 4. The van der Waals surface area contributed by atoms with Crippen molar-refractivity contribution in [3.8, 4) is 0 Å². The molecule has 4 rings (SSSR count). The lowest BCUT2D eigenvalue weighted by Crippen LogP contribution is -2.31. The van der Waals surface area contributed by atoms with Crippen LogP contribution in [0, 0.1) is 0 Å². The van der Waals surface area contributed by atoms with Crippen molar-refractivity contribution < 1.29 is 19.2 Å². The second-order valence-electron chi connectivity index (χ2n) is 8.13. The summed E-state index contributed by atoms with van der Waals surface area (Å²) in [6, 6.07) is 24.7. The fourth-order valence-electron chi connectivity index (χ4n) is 3.84. The average molecular weight is 456 g/mol. The lowest BCUT2D eigenvalue weighted by molar-refractivity contribution is -0.139. The number of amides is 4. The van der Waals surface area contributed by atoms with E-state index in [9.17, 15) is 19.2 Å². The molecule has 2 N–H and O–H groups in total. The highest BCUT2D eigenvalue weighted by Crippen LogP contribution is 2.20. The van der Waals surface area contributed by atoms with E-state index in [4.69, 9.17) is 0 Å². The topological polar surface area (TPSA) is 95.6 Å². The van der Waals surface area contributed by atoms with Crippen molar-refractivity contribution in [1.82, 2.24) is 10.2 Å². The van der Waals surface area contributed by atoms with Gasteiger partial charge in [-0.3, -0.25) is 24.1 Å². The molecule has 1 saturated heterocycles. The van der Waals surface area contributed by atoms with Crippen LogP contribution in [-0.2, 0) is 20.9 Å². The van der Waals surface area contributed by atoms with Crippen molar-refractivity contribution in [3.63, 3.8) is 0 Å². The van der Waals surface area contributed by atoms with Gasteiger partial charge in [-0.05, 0) is 35.4 Å². The minimum absolute atomic E-state index is 0.0567. The lowest BCUT2D eigenvalue weighted by Gasteiger charge is -2.19. The van der Waals surface area contributed by atoms with E-state index in [1.807, 2.05) is 36.4 Å². The molecule has 0 aliphatic carbocycles. The van der Waals surface area contributed by atoms with Crippen LogP contribution in [0.2, 0.25) is 0 Å². The van der Waals surface area contributed by atoms with E-state index in [0.29, 0.717) is 11.3 Å². The molecule has 1 fully saturated rings. The number of anilines is 1. The predicted octanol–water partition coefficient (Wildman–Crippen LogP) is 3.84. The monoisotopic (exact) mass is 455 g/mol. The Hall–Kier alpha value is -4.26. The molecular weight excluding hydrogens is 430 g/mol. The Kier molecular flexibility index (Phi) is 7.13. The van der Waals surface area contributed by atoms with Gasteiger partial charge in [-0.25, -0.2) is 0 Å². The first kappa shape index (κ1) is 22.9. The molecule has 1 aliphatic rings. The molecule has 34 heavy (non-hydrogen) atoms. The Balaban J connectivity index is 1.40. The van der Waals surface area contributed by atoms with Crippen LogP contribution in [0.3, 0.4) is 0 Å². The number of likely N-dealkylation sites (tertiary alicyclic amines) is 1. The summed E-state index contributed by atoms with van der Waals surface area (Å²) in [6.07, 6.45) is 0.577. The van der Waals surface area contributed by atoms with Gasteiger partial charge in [-0.15, -0.1) is 0 Å². The molecule has 4 amide bonds. The van der Waals surface area contributed by atoms with Gasteiger partial charge < -0.3 is 10.6 Å². The van der Waals surface area contributed by atoms with E-state index in [1.54, 1.807) is 48.5 Å². The lowest BCUT2D eigenvalue weighted by atomic mass is 10.0. The van der Waals surface area contributed by atoms with E-state index in [1.165, 1.54) is 4.90 Å². The minimum atomic E-state index is -0.500. The zero-order valence-corrected chi connectivity index (χ0v) is 18.6. The third kappa shape index (κ3) is 5.75. The molecule has 3 aromatic carbocycles. The van der Waals surface area contributed by atoms with Crippen LogP contribution < -0.4 is 10.6 Å². The first-order valence-electron chi connectivity index (χ1n) is 11.1. The average Bonchev–Trinajstić information content (AvgIpc) is 3.18. The predicted molar refractivity (Wildman–Crippen MR) is 128 cm³/mol. The molecule has 1 atom stereocenters. The van der Waals surface area contributed by atoms with E-state index >= 15 is 0 Å².